The molecule has 3 rings (SSSR count). The number of β-lactam (4-membered cyclic amide) rings is 1. The van der Waals surface area contributed by atoms with Crippen LogP contribution in [0, 0.1) is 0 Å². The molecule has 0 aromatic rings. The summed E-state index contributed by atoms with van der Waals surface area (Å²) in [6.45, 7) is 0. The number of nitrogens with one attached hydrogen (secondary N) is 1. The van der Waals surface area contributed by atoms with Crippen LogP contribution in [-0.2, 0) is 19.1 Å². The lowest BCUT2D eigenvalue weighted by Crippen LogP contribution is -2.71. The number of hydrogen-bond donors (Lipinski definition) is 3. The van der Waals surface area contributed by atoms with Crippen LogP contribution < -0.4 is 11.1 Å². The molecule has 2 aliphatic heterocycles. The quantitative estimate of drug-likeness (QED) is 0.460. The van der Waals surface area contributed by atoms with Gasteiger partial charge in [-0.1, -0.05) is 18.2 Å². The van der Waals surface area contributed by atoms with Crippen LogP contribution in [0.3, 0.4) is 0 Å². The molecule has 1 fully saturated rings. The van der Waals surface area contributed by atoms with E-state index in [9.17, 15) is 19.5 Å². The molecule has 2 amide bonds. The molecule has 0 spiro atoms. The molecule has 134 valence electrons. The second-order valence-corrected chi connectivity index (χ2v) is 6.95. The summed E-state index contributed by atoms with van der Waals surface area (Å²) in [7, 11) is 1.37. The molecule has 4 N–H and O–H groups in total. The van der Waals surface area contributed by atoms with Crippen molar-refractivity contribution >= 4 is 29.5 Å². The van der Waals surface area contributed by atoms with Crippen LogP contribution in [0.1, 0.15) is 12.8 Å². The van der Waals surface area contributed by atoms with Crippen molar-refractivity contribution in [3.05, 3.63) is 35.3 Å². The molecule has 9 heteroatoms. The summed E-state index contributed by atoms with van der Waals surface area (Å²) in [6.07, 6.45) is 7.20. The van der Waals surface area contributed by atoms with Gasteiger partial charge in [-0.25, -0.2) is 4.79 Å². The molecule has 0 aromatic heterocycles. The van der Waals surface area contributed by atoms with E-state index in [2.05, 4.69) is 5.32 Å². The zero-order valence-corrected chi connectivity index (χ0v) is 14.4. The van der Waals surface area contributed by atoms with Crippen molar-refractivity contribution < 1.29 is 24.2 Å². The molecule has 25 heavy (non-hydrogen) atoms. The number of ether oxygens (including phenoxy) is 1. The van der Waals surface area contributed by atoms with E-state index in [1.54, 1.807) is 0 Å². The van der Waals surface area contributed by atoms with E-state index < -0.39 is 35.2 Å². The molecule has 8 nitrogen and oxygen atoms in total. The minimum absolute atomic E-state index is 0.161. The third kappa shape index (κ3) is 3.05. The standard InChI is InChI=1S/C16H19N3O5S/c1-24-9-7-25-15-11(14(21)19(15)12(9)16(22)23)18-13(20)10(17)8-5-3-2-4-6-8/h2-3,6,10-11,15H,4-5,7,17H2,1H3,(H,18,20)(H,22,23)/t10?,11-,15+/m1/s1. The van der Waals surface area contributed by atoms with Crippen LogP contribution in [0.25, 0.3) is 0 Å². The number of amides is 2. The van der Waals surface area contributed by atoms with Crippen molar-refractivity contribution in [1.82, 2.24) is 10.2 Å². The summed E-state index contributed by atoms with van der Waals surface area (Å²) in [5.41, 5.74) is 6.63. The first-order chi connectivity index (χ1) is 12.0. The highest BCUT2D eigenvalue weighted by Gasteiger charge is 2.55. The predicted molar refractivity (Wildman–Crippen MR) is 91.1 cm³/mol. The maximum Gasteiger partial charge on any atom is 0.356 e. The summed E-state index contributed by atoms with van der Waals surface area (Å²) in [5, 5.41) is 11.5. The Morgan fingerprint density at radius 2 is 2.24 bits per heavy atom. The Kier molecular flexibility index (Phi) is 4.87. The Balaban J connectivity index is 1.69. The summed E-state index contributed by atoms with van der Waals surface area (Å²) in [6, 6.07) is -1.60. The zero-order chi connectivity index (χ0) is 18.1. The minimum Gasteiger partial charge on any atom is -0.498 e. The number of rotatable bonds is 5. The molecule has 0 aromatic carbocycles. The van der Waals surface area contributed by atoms with Gasteiger partial charge in [0.2, 0.25) is 5.91 Å². The maximum atomic E-state index is 12.4. The van der Waals surface area contributed by atoms with E-state index in [1.165, 1.54) is 18.9 Å². The van der Waals surface area contributed by atoms with Gasteiger partial charge in [-0.2, -0.15) is 0 Å². The van der Waals surface area contributed by atoms with Gasteiger partial charge in [0.25, 0.3) is 5.91 Å². The number of hydrogen-bond acceptors (Lipinski definition) is 6. The van der Waals surface area contributed by atoms with Crippen molar-refractivity contribution in [3.8, 4) is 0 Å². The first-order valence-corrected chi connectivity index (χ1v) is 8.85. The number of carboxylic acid groups (broad SMARTS) is 1. The van der Waals surface area contributed by atoms with E-state index in [-0.39, 0.29) is 11.5 Å². The SMILES string of the molecule is COC1=C(C(=O)O)N2C(=O)[C@@H](NC(=O)C(N)C3=CCC=CC3)[C@@H]2SC1. The molecule has 0 radical (unpaired) electrons. The van der Waals surface area contributed by atoms with Crippen molar-refractivity contribution in [2.45, 2.75) is 30.3 Å². The van der Waals surface area contributed by atoms with Crippen molar-refractivity contribution in [2.24, 2.45) is 5.73 Å². The number of fused-ring (bicyclic) bond motifs is 1. The number of allylic oxidation sites excluding steroid dienone is 3. The van der Waals surface area contributed by atoms with Crippen LogP contribution in [-0.4, -0.2) is 58.1 Å². The predicted octanol–water partition coefficient (Wildman–Crippen LogP) is -0.0674. The largest absolute Gasteiger partial charge is 0.498 e. The maximum absolute atomic E-state index is 12.4. The molecule has 0 bridgehead atoms. The summed E-state index contributed by atoms with van der Waals surface area (Å²) in [5.74, 6) is -1.57. The Morgan fingerprint density at radius 1 is 1.48 bits per heavy atom. The number of carbonyl (C=O) groups is 3. The average Bonchev–Trinajstić information content (AvgIpc) is 2.64. The van der Waals surface area contributed by atoms with Crippen molar-refractivity contribution in [2.75, 3.05) is 12.9 Å². The van der Waals surface area contributed by atoms with E-state index >= 15 is 0 Å². The summed E-state index contributed by atoms with van der Waals surface area (Å²) in [4.78, 5) is 37.4. The van der Waals surface area contributed by atoms with E-state index in [1.807, 2.05) is 18.2 Å². The van der Waals surface area contributed by atoms with Gasteiger partial charge in [0, 0.05) is 0 Å². The fraction of sp³-hybridized carbons (Fsp3) is 0.438. The van der Waals surface area contributed by atoms with Crippen LogP contribution in [0.2, 0.25) is 0 Å². The molecule has 0 saturated carbocycles. The van der Waals surface area contributed by atoms with Gasteiger partial charge in [-0.3, -0.25) is 14.5 Å². The van der Waals surface area contributed by atoms with Crippen molar-refractivity contribution in [1.29, 1.82) is 0 Å². The highest BCUT2D eigenvalue weighted by molar-refractivity contribution is 8.00. The number of methoxy groups -OCH3 is 1. The van der Waals surface area contributed by atoms with E-state index in [0.717, 1.165) is 16.9 Å². The summed E-state index contributed by atoms with van der Waals surface area (Å²) >= 11 is 1.35. The number of carbonyl (C=O) groups excluding carboxylic acids is 2. The number of carboxylic acids is 1. The third-order valence-corrected chi connectivity index (χ3v) is 5.65. The van der Waals surface area contributed by atoms with Gasteiger partial charge >= 0.3 is 5.97 Å². The monoisotopic (exact) mass is 365 g/mol. The Hall–Kier alpha value is -2.26. The lowest BCUT2D eigenvalue weighted by molar-refractivity contribution is -0.151. The van der Waals surface area contributed by atoms with Gasteiger partial charge in [0.05, 0.1) is 12.9 Å². The minimum atomic E-state index is -1.23. The first-order valence-electron chi connectivity index (χ1n) is 7.80. The smallest absolute Gasteiger partial charge is 0.356 e. The van der Waals surface area contributed by atoms with Crippen molar-refractivity contribution in [3.63, 3.8) is 0 Å². The van der Waals surface area contributed by atoms with Crippen LogP contribution in [0.4, 0.5) is 0 Å². The number of aliphatic carboxylic acids is 1. The fourth-order valence-electron chi connectivity index (χ4n) is 3.03. The van der Waals surface area contributed by atoms with Gasteiger partial charge in [-0.05, 0) is 18.4 Å². The van der Waals surface area contributed by atoms with Crippen LogP contribution in [0.15, 0.2) is 35.3 Å². The molecular weight excluding hydrogens is 346 g/mol. The lowest BCUT2D eigenvalue weighted by Gasteiger charge is -2.49. The zero-order valence-electron chi connectivity index (χ0n) is 13.6. The Bertz CT molecular complexity index is 715. The Morgan fingerprint density at radius 3 is 2.84 bits per heavy atom. The third-order valence-electron chi connectivity index (χ3n) is 4.40. The summed E-state index contributed by atoms with van der Waals surface area (Å²) < 4.78 is 5.06. The first kappa shape index (κ1) is 17.6. The van der Waals surface area contributed by atoms with Gasteiger partial charge in [0.1, 0.15) is 23.2 Å². The van der Waals surface area contributed by atoms with Crippen LogP contribution >= 0.6 is 11.8 Å². The lowest BCUT2D eigenvalue weighted by atomic mass is 9.97. The second-order valence-electron chi connectivity index (χ2n) is 5.85. The van der Waals surface area contributed by atoms with Gasteiger partial charge in [-0.15, -0.1) is 11.8 Å². The Labute approximate surface area is 148 Å². The molecule has 2 heterocycles. The molecule has 1 saturated heterocycles. The van der Waals surface area contributed by atoms with E-state index in [0.29, 0.717) is 12.2 Å². The number of nitrogens with two attached hydrogens (primary N) is 1. The van der Waals surface area contributed by atoms with Crippen LogP contribution in [0.5, 0.6) is 0 Å². The average molecular weight is 365 g/mol. The van der Waals surface area contributed by atoms with Gasteiger partial charge < -0.3 is 20.9 Å². The fourth-order valence-corrected chi connectivity index (χ4v) is 4.34. The molecule has 3 atom stereocenters. The highest BCUT2D eigenvalue weighted by Crippen LogP contribution is 2.40. The van der Waals surface area contributed by atoms with Gasteiger partial charge in [0.15, 0.2) is 5.70 Å². The normalized spacial score (nSPS) is 26.4. The number of thioether (sulfide) groups is 1. The molecule has 3 aliphatic rings. The molecular formula is C16H19N3O5S. The van der Waals surface area contributed by atoms with E-state index in [4.69, 9.17) is 10.5 Å². The second kappa shape index (κ2) is 6.93. The topological polar surface area (TPSA) is 122 Å². The highest BCUT2D eigenvalue weighted by atomic mass is 32.2. The number of nitrogens with zero attached hydrogens (tertiary/aromatic N) is 1. The molecule has 1 aliphatic carbocycles. The molecule has 1 unspecified atom stereocenters.